The fourth-order valence-electron chi connectivity index (χ4n) is 2.55. The molecule has 0 radical (unpaired) electrons. The van der Waals surface area contributed by atoms with Gasteiger partial charge < -0.3 is 14.8 Å². The highest BCUT2D eigenvalue weighted by molar-refractivity contribution is 4.75. The zero-order valence-electron chi connectivity index (χ0n) is 11.5. The van der Waals surface area contributed by atoms with Crippen LogP contribution in [-0.4, -0.2) is 39.5 Å². The summed E-state index contributed by atoms with van der Waals surface area (Å²) in [6.45, 7) is 5.67. The summed E-state index contributed by atoms with van der Waals surface area (Å²) >= 11 is 0. The van der Waals surface area contributed by atoms with Crippen molar-refractivity contribution in [3.05, 3.63) is 0 Å². The SMILES string of the molecule is COCCOCCCNC(C)C1CCCCC1. The highest BCUT2D eigenvalue weighted by Crippen LogP contribution is 2.26. The van der Waals surface area contributed by atoms with Crippen LogP contribution in [0.25, 0.3) is 0 Å². The van der Waals surface area contributed by atoms with Crippen LogP contribution < -0.4 is 5.32 Å². The number of ether oxygens (including phenoxy) is 2. The van der Waals surface area contributed by atoms with E-state index in [1.807, 2.05) is 0 Å². The van der Waals surface area contributed by atoms with Crippen molar-refractivity contribution in [3.63, 3.8) is 0 Å². The van der Waals surface area contributed by atoms with Crippen molar-refractivity contribution in [1.82, 2.24) is 5.32 Å². The van der Waals surface area contributed by atoms with E-state index < -0.39 is 0 Å². The van der Waals surface area contributed by atoms with Gasteiger partial charge in [-0.05, 0) is 38.6 Å². The Morgan fingerprint density at radius 3 is 2.59 bits per heavy atom. The van der Waals surface area contributed by atoms with E-state index in [9.17, 15) is 0 Å². The lowest BCUT2D eigenvalue weighted by molar-refractivity contribution is 0.0690. The predicted molar refractivity (Wildman–Crippen MR) is 71.4 cm³/mol. The number of methoxy groups -OCH3 is 1. The number of rotatable bonds is 9. The van der Waals surface area contributed by atoms with Crippen LogP contribution in [0.3, 0.4) is 0 Å². The van der Waals surface area contributed by atoms with Crippen molar-refractivity contribution < 1.29 is 9.47 Å². The molecular formula is C14H29NO2. The zero-order valence-corrected chi connectivity index (χ0v) is 11.5. The largest absolute Gasteiger partial charge is 0.382 e. The van der Waals surface area contributed by atoms with Crippen LogP contribution in [0.4, 0.5) is 0 Å². The summed E-state index contributed by atoms with van der Waals surface area (Å²) in [5.41, 5.74) is 0. The lowest BCUT2D eigenvalue weighted by Gasteiger charge is -2.28. The van der Waals surface area contributed by atoms with E-state index in [-0.39, 0.29) is 0 Å². The number of hydrogen-bond donors (Lipinski definition) is 1. The Morgan fingerprint density at radius 1 is 1.12 bits per heavy atom. The molecule has 1 fully saturated rings. The van der Waals surface area contributed by atoms with Gasteiger partial charge in [-0.1, -0.05) is 19.3 Å². The van der Waals surface area contributed by atoms with Crippen LogP contribution in [0.15, 0.2) is 0 Å². The first-order valence-corrected chi connectivity index (χ1v) is 7.14. The quantitative estimate of drug-likeness (QED) is 0.631. The third-order valence-electron chi connectivity index (χ3n) is 3.72. The molecule has 102 valence electrons. The summed E-state index contributed by atoms with van der Waals surface area (Å²) in [5, 5.41) is 3.63. The Morgan fingerprint density at radius 2 is 1.88 bits per heavy atom. The van der Waals surface area contributed by atoms with Crippen LogP contribution >= 0.6 is 0 Å². The summed E-state index contributed by atoms with van der Waals surface area (Å²) in [6, 6.07) is 0.675. The van der Waals surface area contributed by atoms with Crippen LogP contribution in [0.1, 0.15) is 45.4 Å². The molecule has 0 aromatic heterocycles. The predicted octanol–water partition coefficient (Wildman–Crippen LogP) is 2.60. The maximum Gasteiger partial charge on any atom is 0.0700 e. The van der Waals surface area contributed by atoms with Gasteiger partial charge in [-0.15, -0.1) is 0 Å². The highest BCUT2D eigenvalue weighted by Gasteiger charge is 2.18. The third kappa shape index (κ3) is 7.02. The molecule has 1 aliphatic carbocycles. The highest BCUT2D eigenvalue weighted by atomic mass is 16.5. The van der Waals surface area contributed by atoms with Crippen LogP contribution in [0.2, 0.25) is 0 Å². The molecular weight excluding hydrogens is 214 g/mol. The molecule has 0 aromatic carbocycles. The van der Waals surface area contributed by atoms with Crippen LogP contribution in [-0.2, 0) is 9.47 Å². The smallest absolute Gasteiger partial charge is 0.0700 e. The number of nitrogens with one attached hydrogen (secondary N) is 1. The van der Waals surface area contributed by atoms with Gasteiger partial charge in [-0.2, -0.15) is 0 Å². The van der Waals surface area contributed by atoms with Gasteiger partial charge >= 0.3 is 0 Å². The van der Waals surface area contributed by atoms with Gasteiger partial charge in [-0.25, -0.2) is 0 Å². The fraction of sp³-hybridized carbons (Fsp3) is 1.00. The fourth-order valence-corrected chi connectivity index (χ4v) is 2.55. The monoisotopic (exact) mass is 243 g/mol. The first-order valence-electron chi connectivity index (χ1n) is 7.14. The van der Waals surface area contributed by atoms with E-state index in [2.05, 4.69) is 12.2 Å². The lowest BCUT2D eigenvalue weighted by Crippen LogP contribution is -2.35. The second kappa shape index (κ2) is 9.86. The van der Waals surface area contributed by atoms with Crippen molar-refractivity contribution in [2.75, 3.05) is 33.5 Å². The van der Waals surface area contributed by atoms with Gasteiger partial charge in [-0.3, -0.25) is 0 Å². The summed E-state index contributed by atoms with van der Waals surface area (Å²) in [4.78, 5) is 0. The van der Waals surface area contributed by atoms with Crippen LogP contribution in [0.5, 0.6) is 0 Å². The van der Waals surface area contributed by atoms with E-state index in [1.165, 1.54) is 32.1 Å². The molecule has 0 aliphatic heterocycles. The third-order valence-corrected chi connectivity index (χ3v) is 3.72. The molecule has 1 rings (SSSR count). The van der Waals surface area contributed by atoms with Gasteiger partial charge in [0.1, 0.15) is 0 Å². The maximum atomic E-state index is 5.44. The Balaban J connectivity index is 1.90. The van der Waals surface area contributed by atoms with Gasteiger partial charge in [0.05, 0.1) is 13.2 Å². The van der Waals surface area contributed by atoms with Crippen LogP contribution in [0, 0.1) is 5.92 Å². The van der Waals surface area contributed by atoms with Crippen molar-refractivity contribution in [2.24, 2.45) is 5.92 Å². The molecule has 17 heavy (non-hydrogen) atoms. The molecule has 3 nitrogen and oxygen atoms in total. The Kier molecular flexibility index (Phi) is 8.67. The van der Waals surface area contributed by atoms with E-state index in [4.69, 9.17) is 9.47 Å². The van der Waals surface area contributed by atoms with E-state index >= 15 is 0 Å². The first-order chi connectivity index (χ1) is 8.34. The average molecular weight is 243 g/mol. The molecule has 0 amide bonds. The van der Waals surface area contributed by atoms with E-state index in [0.29, 0.717) is 19.3 Å². The number of hydrogen-bond acceptors (Lipinski definition) is 3. The van der Waals surface area contributed by atoms with Gasteiger partial charge in [0.15, 0.2) is 0 Å². The molecule has 3 heteroatoms. The van der Waals surface area contributed by atoms with Crippen molar-refractivity contribution >= 4 is 0 Å². The standard InChI is InChI=1S/C14H29NO2/c1-13(14-7-4-3-5-8-14)15-9-6-10-17-12-11-16-2/h13-15H,3-12H2,1-2H3. The first kappa shape index (κ1) is 14.9. The molecule has 0 spiro atoms. The molecule has 1 saturated carbocycles. The van der Waals surface area contributed by atoms with Gasteiger partial charge in [0, 0.05) is 19.8 Å². The average Bonchev–Trinajstić information content (AvgIpc) is 2.38. The summed E-state index contributed by atoms with van der Waals surface area (Å²) in [7, 11) is 1.71. The lowest BCUT2D eigenvalue weighted by atomic mass is 9.84. The second-order valence-electron chi connectivity index (χ2n) is 5.10. The topological polar surface area (TPSA) is 30.5 Å². The summed E-state index contributed by atoms with van der Waals surface area (Å²) < 4.78 is 10.4. The minimum atomic E-state index is 0.675. The zero-order chi connectivity index (χ0) is 12.3. The molecule has 1 atom stereocenters. The van der Waals surface area contributed by atoms with Crippen molar-refractivity contribution in [3.8, 4) is 0 Å². The molecule has 1 unspecified atom stereocenters. The van der Waals surface area contributed by atoms with Gasteiger partial charge in [0.2, 0.25) is 0 Å². The minimum Gasteiger partial charge on any atom is -0.382 e. The Labute approximate surface area is 106 Å². The van der Waals surface area contributed by atoms with E-state index in [1.54, 1.807) is 7.11 Å². The van der Waals surface area contributed by atoms with Crippen molar-refractivity contribution in [2.45, 2.75) is 51.5 Å². The molecule has 0 bridgehead atoms. The van der Waals surface area contributed by atoms with E-state index in [0.717, 1.165) is 25.5 Å². The Bertz CT molecular complexity index is 170. The molecule has 0 heterocycles. The molecule has 1 N–H and O–H groups in total. The molecule has 1 aliphatic rings. The summed E-state index contributed by atoms with van der Waals surface area (Å²) in [5.74, 6) is 0.901. The minimum absolute atomic E-state index is 0.675. The second-order valence-corrected chi connectivity index (χ2v) is 5.10. The summed E-state index contributed by atoms with van der Waals surface area (Å²) in [6.07, 6.45) is 8.22. The van der Waals surface area contributed by atoms with Gasteiger partial charge in [0.25, 0.3) is 0 Å². The normalized spacial score (nSPS) is 19.4. The molecule has 0 saturated heterocycles. The van der Waals surface area contributed by atoms with Crippen molar-refractivity contribution in [1.29, 1.82) is 0 Å². The molecule has 0 aromatic rings. The Hall–Kier alpha value is -0.120. The maximum absolute atomic E-state index is 5.44.